The van der Waals surface area contributed by atoms with Crippen molar-refractivity contribution in [3.63, 3.8) is 0 Å². The fourth-order valence-corrected chi connectivity index (χ4v) is 4.13. The fraction of sp³-hybridized carbons (Fsp3) is 0.348. The summed E-state index contributed by atoms with van der Waals surface area (Å²) in [5, 5.41) is 1.26. The molecule has 0 amide bonds. The van der Waals surface area contributed by atoms with Crippen LogP contribution in [0, 0.1) is 19.8 Å². The Labute approximate surface area is 144 Å². The van der Waals surface area contributed by atoms with Crippen LogP contribution in [0.15, 0.2) is 48.5 Å². The largest absolute Gasteiger partial charge is 0.248 e. The molecule has 0 atom stereocenters. The first-order chi connectivity index (χ1) is 11.7. The molecule has 24 heavy (non-hydrogen) atoms. The SMILES string of the molecule is Cc1cc(C)cc(-c2ccc3cc(CC4CCCC4)ccc3n2)c1. The smallest absolute Gasteiger partial charge is 0.0709 e. The second-order valence-corrected chi connectivity index (χ2v) is 7.45. The van der Waals surface area contributed by atoms with Crippen molar-refractivity contribution in [2.75, 3.05) is 0 Å². The molecule has 0 spiro atoms. The van der Waals surface area contributed by atoms with Crippen molar-refractivity contribution in [3.8, 4) is 11.3 Å². The number of fused-ring (bicyclic) bond motifs is 1. The third-order valence-electron chi connectivity index (χ3n) is 5.27. The summed E-state index contributed by atoms with van der Waals surface area (Å²) in [4.78, 5) is 4.90. The Bertz CT molecular complexity index is 852. The van der Waals surface area contributed by atoms with Crippen molar-refractivity contribution >= 4 is 10.9 Å². The van der Waals surface area contributed by atoms with Gasteiger partial charge in [-0.2, -0.15) is 0 Å². The van der Waals surface area contributed by atoms with E-state index in [1.165, 1.54) is 59.7 Å². The molecule has 1 aromatic heterocycles. The Balaban J connectivity index is 1.65. The third-order valence-corrected chi connectivity index (χ3v) is 5.27. The average molecular weight is 315 g/mol. The first-order valence-corrected chi connectivity index (χ1v) is 9.16. The highest BCUT2D eigenvalue weighted by molar-refractivity contribution is 5.82. The third kappa shape index (κ3) is 3.21. The zero-order valence-corrected chi connectivity index (χ0v) is 14.7. The molecule has 3 aromatic rings. The van der Waals surface area contributed by atoms with Gasteiger partial charge in [0, 0.05) is 10.9 Å². The molecule has 0 N–H and O–H groups in total. The Hall–Kier alpha value is -2.15. The van der Waals surface area contributed by atoms with Crippen molar-refractivity contribution in [3.05, 3.63) is 65.2 Å². The van der Waals surface area contributed by atoms with Gasteiger partial charge >= 0.3 is 0 Å². The molecule has 1 fully saturated rings. The van der Waals surface area contributed by atoms with E-state index in [1.807, 2.05) is 0 Å². The van der Waals surface area contributed by atoms with Crippen LogP contribution in [0.25, 0.3) is 22.2 Å². The molecule has 0 aliphatic heterocycles. The van der Waals surface area contributed by atoms with E-state index in [1.54, 1.807) is 0 Å². The highest BCUT2D eigenvalue weighted by Gasteiger charge is 2.15. The molecule has 1 saturated carbocycles. The molecule has 1 heterocycles. The van der Waals surface area contributed by atoms with E-state index in [9.17, 15) is 0 Å². The topological polar surface area (TPSA) is 12.9 Å². The molecule has 0 radical (unpaired) electrons. The van der Waals surface area contributed by atoms with Crippen LogP contribution in [-0.4, -0.2) is 4.98 Å². The Morgan fingerprint density at radius 3 is 2.38 bits per heavy atom. The lowest BCUT2D eigenvalue weighted by Crippen LogP contribution is -1.98. The lowest BCUT2D eigenvalue weighted by Gasteiger charge is -2.10. The average Bonchev–Trinajstić information content (AvgIpc) is 3.06. The predicted molar refractivity (Wildman–Crippen MR) is 102 cm³/mol. The predicted octanol–water partition coefficient (Wildman–Crippen LogP) is 6.25. The van der Waals surface area contributed by atoms with Crippen LogP contribution in [0.4, 0.5) is 0 Å². The number of aryl methyl sites for hydroxylation is 2. The van der Waals surface area contributed by atoms with Crippen LogP contribution < -0.4 is 0 Å². The number of hydrogen-bond acceptors (Lipinski definition) is 1. The second-order valence-electron chi connectivity index (χ2n) is 7.45. The monoisotopic (exact) mass is 315 g/mol. The number of benzene rings is 2. The van der Waals surface area contributed by atoms with Crippen LogP contribution in [0.3, 0.4) is 0 Å². The van der Waals surface area contributed by atoms with Crippen molar-refractivity contribution in [1.29, 1.82) is 0 Å². The molecule has 0 unspecified atom stereocenters. The number of aromatic nitrogens is 1. The summed E-state index contributed by atoms with van der Waals surface area (Å²) in [5.41, 5.74) is 7.43. The molecule has 1 heteroatoms. The van der Waals surface area contributed by atoms with Crippen LogP contribution in [0.1, 0.15) is 42.4 Å². The van der Waals surface area contributed by atoms with Crippen molar-refractivity contribution < 1.29 is 0 Å². The maximum absolute atomic E-state index is 4.90. The standard InChI is InChI=1S/C23H25N/c1-16-11-17(2)13-21(12-16)23-10-8-20-15-19(7-9-22(20)24-23)14-18-5-3-4-6-18/h7-13,15,18H,3-6,14H2,1-2H3. The van der Waals surface area contributed by atoms with E-state index in [0.29, 0.717) is 0 Å². The summed E-state index contributed by atoms with van der Waals surface area (Å²) in [6.45, 7) is 4.29. The molecular weight excluding hydrogens is 290 g/mol. The van der Waals surface area contributed by atoms with E-state index in [2.05, 4.69) is 62.4 Å². The second kappa shape index (κ2) is 6.39. The minimum Gasteiger partial charge on any atom is -0.248 e. The first kappa shape index (κ1) is 15.4. The molecule has 2 aromatic carbocycles. The van der Waals surface area contributed by atoms with E-state index in [4.69, 9.17) is 4.98 Å². The Morgan fingerprint density at radius 2 is 1.62 bits per heavy atom. The van der Waals surface area contributed by atoms with Crippen LogP contribution in [-0.2, 0) is 6.42 Å². The summed E-state index contributed by atoms with van der Waals surface area (Å²) in [5.74, 6) is 0.893. The van der Waals surface area contributed by atoms with Crippen molar-refractivity contribution in [1.82, 2.24) is 4.98 Å². The van der Waals surface area contributed by atoms with Gasteiger partial charge < -0.3 is 0 Å². The fourth-order valence-electron chi connectivity index (χ4n) is 4.13. The molecule has 1 nitrogen and oxygen atoms in total. The molecule has 1 aliphatic carbocycles. The number of pyridine rings is 1. The maximum atomic E-state index is 4.90. The van der Waals surface area contributed by atoms with E-state index >= 15 is 0 Å². The normalized spacial score (nSPS) is 15.2. The lowest BCUT2D eigenvalue weighted by atomic mass is 9.96. The van der Waals surface area contributed by atoms with Crippen molar-refractivity contribution in [2.45, 2.75) is 46.0 Å². The van der Waals surface area contributed by atoms with Gasteiger partial charge in [0.25, 0.3) is 0 Å². The summed E-state index contributed by atoms with van der Waals surface area (Å²) < 4.78 is 0. The first-order valence-electron chi connectivity index (χ1n) is 9.16. The molecule has 1 aliphatic rings. The van der Waals surface area contributed by atoms with Gasteiger partial charge in [-0.05, 0) is 62.1 Å². The molecular formula is C23H25N. The Morgan fingerprint density at radius 1 is 0.875 bits per heavy atom. The van der Waals surface area contributed by atoms with Gasteiger partial charge in [-0.15, -0.1) is 0 Å². The van der Waals surface area contributed by atoms with Crippen LogP contribution in [0.2, 0.25) is 0 Å². The zero-order chi connectivity index (χ0) is 16.5. The van der Waals surface area contributed by atoms with Gasteiger partial charge in [-0.25, -0.2) is 4.98 Å². The highest BCUT2D eigenvalue weighted by Crippen LogP contribution is 2.29. The molecule has 4 rings (SSSR count). The number of rotatable bonds is 3. The van der Waals surface area contributed by atoms with Crippen LogP contribution in [0.5, 0.6) is 0 Å². The van der Waals surface area contributed by atoms with Gasteiger partial charge in [-0.3, -0.25) is 0 Å². The number of nitrogens with zero attached hydrogens (tertiary/aromatic N) is 1. The maximum Gasteiger partial charge on any atom is 0.0709 e. The lowest BCUT2D eigenvalue weighted by molar-refractivity contribution is 0.547. The van der Waals surface area contributed by atoms with Gasteiger partial charge in [0.05, 0.1) is 11.2 Å². The minimum atomic E-state index is 0.893. The van der Waals surface area contributed by atoms with Crippen molar-refractivity contribution in [2.24, 2.45) is 5.92 Å². The highest BCUT2D eigenvalue weighted by atomic mass is 14.7. The van der Waals surface area contributed by atoms with Gasteiger partial charge in [0.1, 0.15) is 0 Å². The number of hydrogen-bond donors (Lipinski definition) is 0. The van der Waals surface area contributed by atoms with Crippen LogP contribution >= 0.6 is 0 Å². The van der Waals surface area contributed by atoms with E-state index < -0.39 is 0 Å². The molecule has 0 bridgehead atoms. The molecule has 0 saturated heterocycles. The summed E-state index contributed by atoms with van der Waals surface area (Å²) in [7, 11) is 0. The van der Waals surface area contributed by atoms with E-state index in [-0.39, 0.29) is 0 Å². The summed E-state index contributed by atoms with van der Waals surface area (Å²) in [6, 6.07) is 17.9. The molecule has 122 valence electrons. The summed E-state index contributed by atoms with van der Waals surface area (Å²) in [6.07, 6.45) is 6.87. The van der Waals surface area contributed by atoms with Gasteiger partial charge in [0.2, 0.25) is 0 Å². The van der Waals surface area contributed by atoms with Gasteiger partial charge in [-0.1, -0.05) is 55.0 Å². The van der Waals surface area contributed by atoms with E-state index in [0.717, 1.165) is 17.1 Å². The van der Waals surface area contributed by atoms with Gasteiger partial charge in [0.15, 0.2) is 0 Å². The summed E-state index contributed by atoms with van der Waals surface area (Å²) >= 11 is 0. The quantitative estimate of drug-likeness (QED) is 0.556. The zero-order valence-electron chi connectivity index (χ0n) is 14.7. The minimum absolute atomic E-state index is 0.893. The Kier molecular flexibility index (Phi) is 4.10.